The largest absolute Gasteiger partial charge is 0.396 e. The number of benzene rings is 1. The lowest BCUT2D eigenvalue weighted by Crippen LogP contribution is -1.89. The van der Waals surface area contributed by atoms with Crippen molar-refractivity contribution in [1.29, 1.82) is 0 Å². The van der Waals surface area contributed by atoms with Crippen LogP contribution in [0.15, 0.2) is 48.8 Å². The molecular formula is C16H16N2O. The van der Waals surface area contributed by atoms with E-state index in [0.29, 0.717) is 6.42 Å². The van der Waals surface area contributed by atoms with E-state index in [4.69, 9.17) is 5.11 Å². The van der Waals surface area contributed by atoms with Crippen LogP contribution in [-0.4, -0.2) is 21.1 Å². The van der Waals surface area contributed by atoms with Gasteiger partial charge < -0.3 is 9.51 Å². The van der Waals surface area contributed by atoms with Gasteiger partial charge in [-0.25, -0.2) is 4.98 Å². The van der Waals surface area contributed by atoms with Crippen molar-refractivity contribution in [2.75, 3.05) is 6.61 Å². The number of pyridine rings is 1. The topological polar surface area (TPSA) is 37.5 Å². The van der Waals surface area contributed by atoms with E-state index in [1.807, 2.05) is 28.8 Å². The number of nitrogens with zero attached hydrogens (tertiary/aromatic N) is 2. The molecule has 3 heteroatoms. The van der Waals surface area contributed by atoms with Crippen molar-refractivity contribution in [1.82, 2.24) is 9.38 Å². The molecule has 0 fully saturated rings. The number of imidazole rings is 1. The molecule has 2 heterocycles. The summed E-state index contributed by atoms with van der Waals surface area (Å²) in [6.07, 6.45) is 4.82. The molecule has 3 rings (SSSR count). The number of rotatable bonds is 3. The molecule has 0 spiro atoms. The lowest BCUT2D eigenvalue weighted by atomic mass is 10.1. The first-order chi connectivity index (χ1) is 9.26. The molecule has 3 nitrogen and oxygen atoms in total. The predicted octanol–water partition coefficient (Wildman–Crippen LogP) is 2.84. The van der Waals surface area contributed by atoms with Crippen LogP contribution in [0.4, 0.5) is 0 Å². The van der Waals surface area contributed by atoms with Gasteiger partial charge in [0.05, 0.1) is 5.69 Å². The average molecular weight is 252 g/mol. The fourth-order valence-corrected chi connectivity index (χ4v) is 2.21. The van der Waals surface area contributed by atoms with Crippen LogP contribution in [-0.2, 0) is 6.42 Å². The molecule has 2 aromatic heterocycles. The van der Waals surface area contributed by atoms with Crippen LogP contribution >= 0.6 is 0 Å². The van der Waals surface area contributed by atoms with E-state index in [9.17, 15) is 0 Å². The molecule has 1 N–H and O–H groups in total. The van der Waals surface area contributed by atoms with Gasteiger partial charge >= 0.3 is 0 Å². The van der Waals surface area contributed by atoms with Crippen molar-refractivity contribution in [2.24, 2.45) is 0 Å². The van der Waals surface area contributed by atoms with Gasteiger partial charge in [0.1, 0.15) is 5.65 Å². The predicted molar refractivity (Wildman–Crippen MR) is 76.2 cm³/mol. The van der Waals surface area contributed by atoms with E-state index < -0.39 is 0 Å². The summed E-state index contributed by atoms with van der Waals surface area (Å²) in [6, 6.07) is 12.3. The van der Waals surface area contributed by atoms with Gasteiger partial charge in [0.15, 0.2) is 0 Å². The SMILES string of the molecule is Cc1ccc2nc(-c3ccc(CCO)cc3)cn2c1. The molecule has 0 unspecified atom stereocenters. The molecule has 0 bridgehead atoms. The van der Waals surface area contributed by atoms with E-state index in [-0.39, 0.29) is 6.61 Å². The standard InChI is InChI=1S/C16H16N2O/c1-12-2-7-16-17-15(11-18(16)10-12)14-5-3-13(4-6-14)8-9-19/h2-7,10-11,19H,8-9H2,1H3. The first-order valence-corrected chi connectivity index (χ1v) is 6.42. The Bertz CT molecular complexity index is 698. The molecule has 19 heavy (non-hydrogen) atoms. The average Bonchev–Trinajstić information content (AvgIpc) is 2.83. The third kappa shape index (κ3) is 2.37. The number of hydrogen-bond donors (Lipinski definition) is 1. The summed E-state index contributed by atoms with van der Waals surface area (Å²) < 4.78 is 2.05. The minimum absolute atomic E-state index is 0.187. The van der Waals surface area contributed by atoms with Gasteiger partial charge in [-0.1, -0.05) is 30.3 Å². The zero-order valence-electron chi connectivity index (χ0n) is 10.9. The smallest absolute Gasteiger partial charge is 0.137 e. The number of aromatic nitrogens is 2. The molecule has 0 saturated carbocycles. The molecule has 1 aromatic carbocycles. The zero-order chi connectivity index (χ0) is 13.2. The van der Waals surface area contributed by atoms with Crippen molar-refractivity contribution < 1.29 is 5.11 Å². The molecule has 96 valence electrons. The Labute approximate surface area is 112 Å². The maximum absolute atomic E-state index is 8.91. The third-order valence-electron chi connectivity index (χ3n) is 3.25. The molecule has 0 saturated heterocycles. The van der Waals surface area contributed by atoms with Gasteiger partial charge in [-0.2, -0.15) is 0 Å². The minimum atomic E-state index is 0.187. The van der Waals surface area contributed by atoms with Crippen molar-refractivity contribution in [3.05, 3.63) is 59.9 Å². The highest BCUT2D eigenvalue weighted by atomic mass is 16.2. The molecule has 0 aliphatic carbocycles. The number of aryl methyl sites for hydroxylation is 1. The van der Waals surface area contributed by atoms with Gasteiger partial charge in [0.2, 0.25) is 0 Å². The van der Waals surface area contributed by atoms with Crippen LogP contribution in [0.25, 0.3) is 16.9 Å². The van der Waals surface area contributed by atoms with E-state index in [1.54, 1.807) is 0 Å². The lowest BCUT2D eigenvalue weighted by molar-refractivity contribution is 0.299. The third-order valence-corrected chi connectivity index (χ3v) is 3.25. The van der Waals surface area contributed by atoms with Crippen molar-refractivity contribution >= 4 is 5.65 Å². The quantitative estimate of drug-likeness (QED) is 0.778. The first kappa shape index (κ1) is 11.9. The Morgan fingerprint density at radius 2 is 1.84 bits per heavy atom. The molecule has 0 radical (unpaired) electrons. The fraction of sp³-hybridized carbons (Fsp3) is 0.188. The normalized spacial score (nSPS) is 11.1. The van der Waals surface area contributed by atoms with Gasteiger partial charge in [0.25, 0.3) is 0 Å². The Balaban J connectivity index is 1.99. The van der Waals surface area contributed by atoms with Crippen LogP contribution < -0.4 is 0 Å². The Hall–Kier alpha value is -2.13. The zero-order valence-corrected chi connectivity index (χ0v) is 10.9. The van der Waals surface area contributed by atoms with E-state index in [2.05, 4.69) is 36.3 Å². The Morgan fingerprint density at radius 3 is 2.58 bits per heavy atom. The number of aliphatic hydroxyl groups excluding tert-OH is 1. The second kappa shape index (κ2) is 4.86. The van der Waals surface area contributed by atoms with Gasteiger partial charge in [-0.15, -0.1) is 0 Å². The summed E-state index contributed by atoms with van der Waals surface area (Å²) in [5, 5.41) is 8.91. The van der Waals surface area contributed by atoms with Crippen LogP contribution in [0.3, 0.4) is 0 Å². The second-order valence-electron chi connectivity index (χ2n) is 4.77. The highest BCUT2D eigenvalue weighted by Crippen LogP contribution is 2.20. The van der Waals surface area contributed by atoms with Crippen molar-refractivity contribution in [3.63, 3.8) is 0 Å². The highest BCUT2D eigenvalue weighted by Gasteiger charge is 2.04. The van der Waals surface area contributed by atoms with Gasteiger partial charge in [-0.05, 0) is 30.5 Å². The first-order valence-electron chi connectivity index (χ1n) is 6.42. The molecule has 0 amide bonds. The number of aliphatic hydroxyl groups is 1. The molecular weight excluding hydrogens is 236 g/mol. The molecule has 0 aliphatic rings. The minimum Gasteiger partial charge on any atom is -0.396 e. The molecule has 0 atom stereocenters. The Kier molecular flexibility index (Phi) is 3.05. The fourth-order valence-electron chi connectivity index (χ4n) is 2.21. The molecule has 0 aliphatic heterocycles. The van der Waals surface area contributed by atoms with Crippen molar-refractivity contribution in [3.8, 4) is 11.3 Å². The summed E-state index contributed by atoms with van der Waals surface area (Å²) in [7, 11) is 0. The van der Waals surface area contributed by atoms with Crippen LogP contribution in [0, 0.1) is 6.92 Å². The van der Waals surface area contributed by atoms with E-state index >= 15 is 0 Å². The number of hydrogen-bond acceptors (Lipinski definition) is 2. The number of fused-ring (bicyclic) bond motifs is 1. The summed E-state index contributed by atoms with van der Waals surface area (Å²) in [5.41, 5.74) is 5.39. The summed E-state index contributed by atoms with van der Waals surface area (Å²) in [4.78, 5) is 4.61. The lowest BCUT2D eigenvalue weighted by Gasteiger charge is -1.99. The maximum atomic E-state index is 8.91. The highest BCUT2D eigenvalue weighted by molar-refractivity contribution is 5.63. The van der Waals surface area contributed by atoms with Gasteiger partial charge in [-0.3, -0.25) is 0 Å². The second-order valence-corrected chi connectivity index (χ2v) is 4.77. The van der Waals surface area contributed by atoms with Crippen molar-refractivity contribution in [2.45, 2.75) is 13.3 Å². The Morgan fingerprint density at radius 1 is 1.05 bits per heavy atom. The molecule has 3 aromatic rings. The van der Waals surface area contributed by atoms with E-state index in [0.717, 1.165) is 22.5 Å². The maximum Gasteiger partial charge on any atom is 0.137 e. The van der Waals surface area contributed by atoms with Gasteiger partial charge in [0, 0.05) is 24.6 Å². The summed E-state index contributed by atoms with van der Waals surface area (Å²) in [6.45, 7) is 2.26. The monoisotopic (exact) mass is 252 g/mol. The summed E-state index contributed by atoms with van der Waals surface area (Å²) >= 11 is 0. The van der Waals surface area contributed by atoms with Crippen LogP contribution in [0.5, 0.6) is 0 Å². The van der Waals surface area contributed by atoms with E-state index in [1.165, 1.54) is 5.56 Å². The van der Waals surface area contributed by atoms with Crippen LogP contribution in [0.1, 0.15) is 11.1 Å². The summed E-state index contributed by atoms with van der Waals surface area (Å²) in [5.74, 6) is 0. The van der Waals surface area contributed by atoms with Crippen LogP contribution in [0.2, 0.25) is 0 Å².